The number of aromatic nitrogens is 2. The number of fused-ring (bicyclic) bond motifs is 1. The van der Waals surface area contributed by atoms with Crippen LogP contribution in [0.1, 0.15) is 48.9 Å². The van der Waals surface area contributed by atoms with Crippen LogP contribution in [0, 0.1) is 0 Å². The molecule has 1 amide bonds. The summed E-state index contributed by atoms with van der Waals surface area (Å²) in [7, 11) is 0. The quantitative estimate of drug-likeness (QED) is 0.838. The third kappa shape index (κ3) is 3.76. The number of nitrogens with zero attached hydrogens (tertiary/aromatic N) is 4. The molecule has 8 heteroatoms. The van der Waals surface area contributed by atoms with Crippen molar-refractivity contribution in [3.63, 3.8) is 0 Å². The van der Waals surface area contributed by atoms with Crippen molar-refractivity contribution in [3.8, 4) is 0 Å². The fraction of sp³-hybridized carbons (Fsp3) is 0.722. The van der Waals surface area contributed by atoms with E-state index in [9.17, 15) is 14.7 Å². The van der Waals surface area contributed by atoms with Crippen LogP contribution in [0.4, 0.5) is 0 Å². The number of ether oxygens (including phenoxy) is 1. The van der Waals surface area contributed by atoms with Crippen LogP contribution in [0.15, 0.2) is 0 Å². The third-order valence-corrected chi connectivity index (χ3v) is 5.29. The molecule has 2 aliphatic heterocycles. The smallest absolute Gasteiger partial charge is 0.356 e. The van der Waals surface area contributed by atoms with E-state index in [1.54, 1.807) is 9.58 Å². The zero-order chi connectivity index (χ0) is 18.8. The molecule has 1 unspecified atom stereocenters. The van der Waals surface area contributed by atoms with Crippen LogP contribution in [0.25, 0.3) is 0 Å². The van der Waals surface area contributed by atoms with Crippen LogP contribution in [0.3, 0.4) is 0 Å². The van der Waals surface area contributed by atoms with E-state index in [1.807, 2.05) is 6.92 Å². The maximum atomic E-state index is 12.8. The Morgan fingerprint density at radius 2 is 2.12 bits per heavy atom. The molecule has 1 N–H and O–H groups in total. The second-order valence-electron chi connectivity index (χ2n) is 7.25. The van der Waals surface area contributed by atoms with Gasteiger partial charge >= 0.3 is 5.97 Å². The van der Waals surface area contributed by atoms with Gasteiger partial charge in [-0.05, 0) is 20.8 Å². The number of carbonyl (C=O) groups is 2. The monoisotopic (exact) mass is 364 g/mol. The van der Waals surface area contributed by atoms with E-state index in [-0.39, 0.29) is 17.7 Å². The molecule has 0 aliphatic carbocycles. The van der Waals surface area contributed by atoms with E-state index in [1.165, 1.54) is 0 Å². The van der Waals surface area contributed by atoms with Gasteiger partial charge in [0.05, 0.1) is 19.1 Å². The van der Waals surface area contributed by atoms with E-state index in [2.05, 4.69) is 23.8 Å². The summed E-state index contributed by atoms with van der Waals surface area (Å²) in [5.41, 5.74) is 1.68. The average molecular weight is 364 g/mol. The molecule has 8 nitrogen and oxygen atoms in total. The SMILES string of the molecule is CCn1nc(C(=O)O)c2c1CCN(C(=O)CC1CN(C(C)C)CCO1)C2. The molecular weight excluding hydrogens is 336 g/mol. The molecule has 0 bridgehead atoms. The van der Waals surface area contributed by atoms with Crippen LogP contribution < -0.4 is 0 Å². The van der Waals surface area contributed by atoms with Crippen molar-refractivity contribution < 1.29 is 19.4 Å². The molecule has 1 aromatic rings. The number of carboxylic acids is 1. The van der Waals surface area contributed by atoms with E-state index >= 15 is 0 Å². The lowest BCUT2D eigenvalue weighted by atomic mass is 10.0. The number of rotatable bonds is 5. The number of aromatic carboxylic acids is 1. The van der Waals surface area contributed by atoms with Crippen molar-refractivity contribution in [3.05, 3.63) is 17.0 Å². The predicted molar refractivity (Wildman–Crippen MR) is 95.0 cm³/mol. The molecule has 144 valence electrons. The average Bonchev–Trinajstić information content (AvgIpc) is 3.00. The van der Waals surface area contributed by atoms with E-state index < -0.39 is 5.97 Å². The Hall–Kier alpha value is -1.93. The molecule has 0 saturated carbocycles. The first-order valence-electron chi connectivity index (χ1n) is 9.36. The van der Waals surface area contributed by atoms with Crippen molar-refractivity contribution in [1.82, 2.24) is 19.6 Å². The van der Waals surface area contributed by atoms with Gasteiger partial charge < -0.3 is 14.7 Å². The Morgan fingerprint density at radius 1 is 1.35 bits per heavy atom. The summed E-state index contributed by atoms with van der Waals surface area (Å²) in [6.07, 6.45) is 0.874. The number of amides is 1. The van der Waals surface area contributed by atoms with Crippen molar-refractivity contribution in [2.75, 3.05) is 26.2 Å². The van der Waals surface area contributed by atoms with Gasteiger partial charge in [0.15, 0.2) is 5.69 Å². The first-order chi connectivity index (χ1) is 12.4. The number of carbonyl (C=O) groups excluding carboxylic acids is 1. The fourth-order valence-electron chi connectivity index (χ4n) is 3.80. The highest BCUT2D eigenvalue weighted by Gasteiger charge is 2.31. The van der Waals surface area contributed by atoms with Gasteiger partial charge in [0.25, 0.3) is 0 Å². The number of aryl methyl sites for hydroxylation is 1. The van der Waals surface area contributed by atoms with Crippen LogP contribution in [-0.2, 0) is 29.0 Å². The van der Waals surface area contributed by atoms with Crippen LogP contribution in [0.5, 0.6) is 0 Å². The molecular formula is C18H28N4O4. The maximum Gasteiger partial charge on any atom is 0.356 e. The fourth-order valence-corrected chi connectivity index (χ4v) is 3.80. The molecule has 2 aliphatic rings. The van der Waals surface area contributed by atoms with Gasteiger partial charge in [-0.15, -0.1) is 0 Å². The van der Waals surface area contributed by atoms with E-state index in [0.29, 0.717) is 50.7 Å². The van der Waals surface area contributed by atoms with Gasteiger partial charge in [-0.2, -0.15) is 5.10 Å². The second kappa shape index (κ2) is 7.75. The molecule has 1 fully saturated rings. The zero-order valence-electron chi connectivity index (χ0n) is 15.8. The summed E-state index contributed by atoms with van der Waals surface area (Å²) in [5, 5.41) is 13.6. The first kappa shape index (κ1) is 18.8. The molecule has 1 aromatic heterocycles. The highest BCUT2D eigenvalue weighted by atomic mass is 16.5. The minimum atomic E-state index is -1.04. The molecule has 0 aromatic carbocycles. The number of hydrogen-bond donors (Lipinski definition) is 1. The molecule has 0 spiro atoms. The molecule has 3 heterocycles. The van der Waals surface area contributed by atoms with Gasteiger partial charge in [0.1, 0.15) is 0 Å². The van der Waals surface area contributed by atoms with Gasteiger partial charge in [0.2, 0.25) is 5.91 Å². The lowest BCUT2D eigenvalue weighted by Gasteiger charge is -2.36. The number of carboxylic acid groups (broad SMARTS) is 1. The van der Waals surface area contributed by atoms with Crippen LogP contribution in [0.2, 0.25) is 0 Å². The van der Waals surface area contributed by atoms with Gasteiger partial charge in [-0.1, -0.05) is 0 Å². The van der Waals surface area contributed by atoms with Gasteiger partial charge in [-0.3, -0.25) is 14.4 Å². The summed E-state index contributed by atoms with van der Waals surface area (Å²) >= 11 is 0. The summed E-state index contributed by atoms with van der Waals surface area (Å²) in [6, 6.07) is 0.437. The molecule has 1 atom stereocenters. The summed E-state index contributed by atoms with van der Waals surface area (Å²) < 4.78 is 7.51. The Labute approximate surface area is 153 Å². The molecule has 3 rings (SSSR count). The maximum absolute atomic E-state index is 12.8. The minimum Gasteiger partial charge on any atom is -0.476 e. The van der Waals surface area contributed by atoms with Crippen molar-refractivity contribution >= 4 is 11.9 Å². The van der Waals surface area contributed by atoms with Crippen molar-refractivity contribution in [1.29, 1.82) is 0 Å². The Bertz CT molecular complexity index is 685. The Morgan fingerprint density at radius 3 is 2.77 bits per heavy atom. The molecule has 26 heavy (non-hydrogen) atoms. The minimum absolute atomic E-state index is 0.0202. The Balaban J connectivity index is 1.67. The summed E-state index contributed by atoms with van der Waals surface area (Å²) in [5.74, 6) is -1.02. The van der Waals surface area contributed by atoms with Crippen LogP contribution in [-0.4, -0.2) is 75.0 Å². The second-order valence-corrected chi connectivity index (χ2v) is 7.25. The lowest BCUT2D eigenvalue weighted by Crippen LogP contribution is -2.48. The standard InChI is InChI=1S/C18H28N4O4/c1-4-22-15-5-6-21(11-14(15)17(19-22)18(24)25)16(23)9-13-10-20(12(2)3)7-8-26-13/h12-13H,4-11H2,1-3H3,(H,24,25). The van der Waals surface area contributed by atoms with Gasteiger partial charge in [0, 0.05) is 56.4 Å². The van der Waals surface area contributed by atoms with Crippen LogP contribution >= 0.6 is 0 Å². The first-order valence-corrected chi connectivity index (χ1v) is 9.36. The number of hydrogen-bond acceptors (Lipinski definition) is 5. The van der Waals surface area contributed by atoms with Gasteiger partial charge in [-0.25, -0.2) is 4.79 Å². The highest BCUT2D eigenvalue weighted by molar-refractivity contribution is 5.88. The van der Waals surface area contributed by atoms with Crippen molar-refractivity contribution in [2.45, 2.75) is 58.8 Å². The third-order valence-electron chi connectivity index (χ3n) is 5.29. The zero-order valence-corrected chi connectivity index (χ0v) is 15.8. The normalized spacial score (nSPS) is 21.1. The Kier molecular flexibility index (Phi) is 5.62. The van der Waals surface area contributed by atoms with Crippen molar-refractivity contribution in [2.24, 2.45) is 0 Å². The number of morpholine rings is 1. The summed E-state index contributed by atoms with van der Waals surface area (Å²) in [4.78, 5) is 28.3. The predicted octanol–water partition coefficient (Wildman–Crippen LogP) is 0.985. The summed E-state index contributed by atoms with van der Waals surface area (Å²) in [6.45, 7) is 10.1. The lowest BCUT2D eigenvalue weighted by molar-refractivity contribution is -0.137. The van der Waals surface area contributed by atoms with E-state index in [0.717, 1.165) is 18.8 Å². The van der Waals surface area contributed by atoms with E-state index in [4.69, 9.17) is 4.74 Å². The largest absolute Gasteiger partial charge is 0.476 e. The molecule has 1 saturated heterocycles. The highest BCUT2D eigenvalue weighted by Crippen LogP contribution is 2.24. The topological polar surface area (TPSA) is 87.9 Å². The molecule has 0 radical (unpaired) electrons.